The van der Waals surface area contributed by atoms with E-state index in [2.05, 4.69) is 6.58 Å². The molecule has 0 fully saturated rings. The normalized spacial score (nSPS) is 12.1. The van der Waals surface area contributed by atoms with Gasteiger partial charge in [-0.3, -0.25) is 0 Å². The number of hydrogen-bond donors (Lipinski definition) is 1. The number of hydrogen-bond acceptors (Lipinski definition) is 3. The first-order valence-electron chi connectivity index (χ1n) is 5.45. The van der Waals surface area contributed by atoms with Gasteiger partial charge in [-0.05, 0) is 25.1 Å². The van der Waals surface area contributed by atoms with Crippen LogP contribution in [0, 0.1) is 0 Å². The monoisotopic (exact) mass is 248 g/mol. The van der Waals surface area contributed by atoms with Crippen LogP contribution in [-0.2, 0) is 4.79 Å². The van der Waals surface area contributed by atoms with Crippen LogP contribution in [0.3, 0.4) is 0 Å². The maximum Gasteiger partial charge on any atom is 0.328 e. The van der Waals surface area contributed by atoms with Gasteiger partial charge in [-0.1, -0.05) is 12.7 Å². The lowest BCUT2D eigenvalue weighted by molar-refractivity contribution is -0.131. The van der Waals surface area contributed by atoms with Gasteiger partial charge in [0.05, 0.1) is 7.11 Å². The maximum atomic E-state index is 10.5. The van der Waals surface area contributed by atoms with E-state index in [1.807, 2.05) is 6.92 Å². The van der Waals surface area contributed by atoms with E-state index in [-0.39, 0.29) is 6.10 Å². The number of aliphatic carboxylic acids is 1. The first kappa shape index (κ1) is 13.8. The van der Waals surface area contributed by atoms with E-state index in [1.54, 1.807) is 31.4 Å². The molecule has 0 heterocycles. The van der Waals surface area contributed by atoms with E-state index >= 15 is 0 Å². The van der Waals surface area contributed by atoms with Crippen molar-refractivity contribution in [2.45, 2.75) is 13.0 Å². The van der Waals surface area contributed by atoms with Crippen molar-refractivity contribution in [3.8, 4) is 11.5 Å². The standard InChI is InChI=1S/C14H16O4/c1-4-10(2)18-13-9-12(17-3)7-5-11(13)6-8-14(15)16/h4-10H,1H2,2-3H3,(H,15,16)/b8-6+. The third-order valence-electron chi connectivity index (χ3n) is 2.27. The topological polar surface area (TPSA) is 55.8 Å². The largest absolute Gasteiger partial charge is 0.497 e. The van der Waals surface area contributed by atoms with Gasteiger partial charge in [0, 0.05) is 17.7 Å². The van der Waals surface area contributed by atoms with Gasteiger partial charge in [0.1, 0.15) is 17.6 Å². The van der Waals surface area contributed by atoms with Gasteiger partial charge < -0.3 is 14.6 Å². The van der Waals surface area contributed by atoms with Crippen molar-refractivity contribution >= 4 is 12.0 Å². The number of methoxy groups -OCH3 is 1. The summed E-state index contributed by atoms with van der Waals surface area (Å²) in [6.07, 6.45) is 4.03. The Kier molecular flexibility index (Phi) is 4.99. The molecule has 0 aliphatic carbocycles. The van der Waals surface area contributed by atoms with E-state index in [0.717, 1.165) is 6.08 Å². The van der Waals surface area contributed by atoms with E-state index in [4.69, 9.17) is 14.6 Å². The number of carboxylic acid groups (broad SMARTS) is 1. The third-order valence-corrected chi connectivity index (χ3v) is 2.27. The summed E-state index contributed by atoms with van der Waals surface area (Å²) in [5, 5.41) is 8.63. The van der Waals surface area contributed by atoms with Crippen LogP contribution in [0.4, 0.5) is 0 Å². The second kappa shape index (κ2) is 6.49. The number of carboxylic acids is 1. The van der Waals surface area contributed by atoms with Crippen molar-refractivity contribution in [1.29, 1.82) is 0 Å². The van der Waals surface area contributed by atoms with Crippen molar-refractivity contribution in [2.24, 2.45) is 0 Å². The van der Waals surface area contributed by atoms with Crippen molar-refractivity contribution in [1.82, 2.24) is 0 Å². The molecule has 0 spiro atoms. The molecule has 4 nitrogen and oxygen atoms in total. The summed E-state index contributed by atoms with van der Waals surface area (Å²) < 4.78 is 10.7. The Labute approximate surface area is 106 Å². The summed E-state index contributed by atoms with van der Waals surface area (Å²) in [6.45, 7) is 5.48. The molecule has 0 aliphatic rings. The summed E-state index contributed by atoms with van der Waals surface area (Å²) >= 11 is 0. The Balaban J connectivity index is 3.07. The quantitative estimate of drug-likeness (QED) is 0.621. The van der Waals surface area contributed by atoms with Crippen molar-refractivity contribution < 1.29 is 19.4 Å². The van der Waals surface area contributed by atoms with Crippen molar-refractivity contribution in [2.75, 3.05) is 7.11 Å². The molecular formula is C14H16O4. The molecule has 0 amide bonds. The minimum Gasteiger partial charge on any atom is -0.497 e. The molecular weight excluding hydrogens is 232 g/mol. The number of benzene rings is 1. The molecule has 0 bridgehead atoms. The van der Waals surface area contributed by atoms with Crippen LogP contribution < -0.4 is 9.47 Å². The Morgan fingerprint density at radius 3 is 2.78 bits per heavy atom. The van der Waals surface area contributed by atoms with Crippen molar-refractivity contribution in [3.05, 3.63) is 42.5 Å². The van der Waals surface area contributed by atoms with Crippen LogP contribution in [-0.4, -0.2) is 24.3 Å². The van der Waals surface area contributed by atoms with Crippen LogP contribution in [0.15, 0.2) is 36.9 Å². The highest BCUT2D eigenvalue weighted by Gasteiger charge is 2.06. The molecule has 18 heavy (non-hydrogen) atoms. The molecule has 0 aromatic heterocycles. The predicted molar refractivity (Wildman–Crippen MR) is 70.0 cm³/mol. The summed E-state index contributed by atoms with van der Waals surface area (Å²) in [5.41, 5.74) is 0.673. The number of carbonyl (C=O) groups is 1. The van der Waals surface area contributed by atoms with Crippen LogP contribution >= 0.6 is 0 Å². The Hall–Kier alpha value is -2.23. The van der Waals surface area contributed by atoms with Gasteiger partial charge in [-0.25, -0.2) is 4.79 Å². The molecule has 1 N–H and O–H groups in total. The Bertz CT molecular complexity index is 463. The summed E-state index contributed by atoms with van der Waals surface area (Å²) in [6, 6.07) is 5.19. The highest BCUT2D eigenvalue weighted by molar-refractivity contribution is 5.86. The second-order valence-electron chi connectivity index (χ2n) is 3.63. The number of rotatable bonds is 6. The lowest BCUT2D eigenvalue weighted by Gasteiger charge is -2.14. The second-order valence-corrected chi connectivity index (χ2v) is 3.63. The van der Waals surface area contributed by atoms with Gasteiger partial charge in [0.2, 0.25) is 0 Å². The Morgan fingerprint density at radius 1 is 1.50 bits per heavy atom. The summed E-state index contributed by atoms with van der Waals surface area (Å²) in [5.74, 6) is 0.196. The molecule has 1 rings (SSSR count). The smallest absolute Gasteiger partial charge is 0.328 e. The van der Waals surface area contributed by atoms with Crippen LogP contribution in [0.25, 0.3) is 6.08 Å². The van der Waals surface area contributed by atoms with Crippen LogP contribution in [0.1, 0.15) is 12.5 Å². The summed E-state index contributed by atoms with van der Waals surface area (Å²) in [7, 11) is 1.56. The zero-order chi connectivity index (χ0) is 13.5. The molecule has 4 heteroatoms. The maximum absolute atomic E-state index is 10.5. The van der Waals surface area contributed by atoms with E-state index in [0.29, 0.717) is 17.1 Å². The molecule has 1 aromatic carbocycles. The lowest BCUT2D eigenvalue weighted by Crippen LogP contribution is -2.08. The Morgan fingerprint density at radius 2 is 2.22 bits per heavy atom. The third kappa shape index (κ3) is 3.97. The fourth-order valence-electron chi connectivity index (χ4n) is 1.29. The van der Waals surface area contributed by atoms with Crippen LogP contribution in [0.5, 0.6) is 11.5 Å². The first-order valence-corrected chi connectivity index (χ1v) is 5.45. The van der Waals surface area contributed by atoms with Gasteiger partial charge in [-0.2, -0.15) is 0 Å². The van der Waals surface area contributed by atoms with E-state index in [1.165, 1.54) is 6.08 Å². The zero-order valence-corrected chi connectivity index (χ0v) is 10.4. The number of ether oxygens (including phenoxy) is 2. The van der Waals surface area contributed by atoms with E-state index < -0.39 is 5.97 Å². The molecule has 0 aliphatic heterocycles. The van der Waals surface area contributed by atoms with E-state index in [9.17, 15) is 4.79 Å². The minimum atomic E-state index is -1.01. The molecule has 96 valence electrons. The average molecular weight is 248 g/mol. The molecule has 1 aromatic rings. The van der Waals surface area contributed by atoms with Gasteiger partial charge in [-0.15, -0.1) is 0 Å². The highest BCUT2D eigenvalue weighted by Crippen LogP contribution is 2.27. The molecule has 0 radical (unpaired) electrons. The zero-order valence-electron chi connectivity index (χ0n) is 10.4. The average Bonchev–Trinajstić information content (AvgIpc) is 2.36. The van der Waals surface area contributed by atoms with Crippen molar-refractivity contribution in [3.63, 3.8) is 0 Å². The van der Waals surface area contributed by atoms with Crippen LogP contribution in [0.2, 0.25) is 0 Å². The fraction of sp³-hybridized carbons (Fsp3) is 0.214. The van der Waals surface area contributed by atoms with Gasteiger partial charge in [0.15, 0.2) is 0 Å². The molecule has 0 saturated carbocycles. The molecule has 1 unspecified atom stereocenters. The summed E-state index contributed by atoms with van der Waals surface area (Å²) in [4.78, 5) is 10.5. The molecule has 0 saturated heterocycles. The first-order chi connectivity index (χ1) is 8.56. The highest BCUT2D eigenvalue weighted by atomic mass is 16.5. The SMILES string of the molecule is C=CC(C)Oc1cc(OC)ccc1/C=C/C(=O)O. The van der Waals surface area contributed by atoms with Gasteiger partial charge in [0.25, 0.3) is 0 Å². The molecule has 1 atom stereocenters. The lowest BCUT2D eigenvalue weighted by atomic mass is 10.1. The minimum absolute atomic E-state index is 0.172. The predicted octanol–water partition coefficient (Wildman–Crippen LogP) is 2.75. The fourth-order valence-corrected chi connectivity index (χ4v) is 1.29. The van der Waals surface area contributed by atoms with Gasteiger partial charge >= 0.3 is 5.97 Å².